The van der Waals surface area contributed by atoms with Crippen molar-refractivity contribution in [3.8, 4) is 0 Å². The molecule has 0 spiro atoms. The summed E-state index contributed by atoms with van der Waals surface area (Å²) in [5, 5.41) is 11.0. The molecule has 2 atom stereocenters. The summed E-state index contributed by atoms with van der Waals surface area (Å²) in [5.41, 5.74) is 2.30. The zero-order valence-electron chi connectivity index (χ0n) is 18.8. The predicted molar refractivity (Wildman–Crippen MR) is 126 cm³/mol. The van der Waals surface area contributed by atoms with Crippen LogP contribution in [0.5, 0.6) is 0 Å². The van der Waals surface area contributed by atoms with Crippen molar-refractivity contribution in [2.75, 3.05) is 4.90 Å². The summed E-state index contributed by atoms with van der Waals surface area (Å²) in [6.45, 7) is 3.71. The lowest BCUT2D eigenvalue weighted by atomic mass is 10.0. The van der Waals surface area contributed by atoms with Crippen molar-refractivity contribution in [3.05, 3.63) is 106 Å². The molecule has 172 valence electrons. The summed E-state index contributed by atoms with van der Waals surface area (Å²) in [7, 11) is 0. The largest absolute Gasteiger partial charge is 0.319 e. The lowest BCUT2D eigenvalue weighted by Gasteiger charge is -2.33. The number of carbonyl (C=O) groups is 3. The fourth-order valence-corrected chi connectivity index (χ4v) is 4.15. The van der Waals surface area contributed by atoms with Crippen LogP contribution in [0.15, 0.2) is 78.9 Å². The number of aryl methyl sites for hydroxylation is 1. The fraction of sp³-hybridized carbons (Fsp3) is 0.192. The minimum atomic E-state index is -1.01. The molecule has 0 bridgehead atoms. The smallest absolute Gasteiger partial charge is 0.269 e. The number of benzene rings is 3. The number of nitro groups is 1. The molecule has 1 heterocycles. The molecule has 34 heavy (non-hydrogen) atoms. The maximum absolute atomic E-state index is 13.6. The Morgan fingerprint density at radius 3 is 2.21 bits per heavy atom. The second kappa shape index (κ2) is 9.27. The van der Waals surface area contributed by atoms with Gasteiger partial charge in [-0.1, -0.05) is 48.0 Å². The number of hydrogen-bond acceptors (Lipinski definition) is 5. The van der Waals surface area contributed by atoms with E-state index in [1.165, 1.54) is 29.2 Å². The number of amides is 3. The maximum Gasteiger partial charge on any atom is 0.269 e. The molecule has 3 aromatic rings. The third-order valence-electron chi connectivity index (χ3n) is 6.01. The number of carbonyl (C=O) groups excluding carboxylic acids is 3. The zero-order chi connectivity index (χ0) is 24.4. The first kappa shape index (κ1) is 22.8. The van der Waals surface area contributed by atoms with Crippen LogP contribution >= 0.6 is 0 Å². The highest BCUT2D eigenvalue weighted by Crippen LogP contribution is 2.32. The van der Waals surface area contributed by atoms with E-state index < -0.39 is 28.8 Å². The van der Waals surface area contributed by atoms with Gasteiger partial charge >= 0.3 is 0 Å². The van der Waals surface area contributed by atoms with Gasteiger partial charge in [0.1, 0.15) is 6.04 Å². The van der Waals surface area contributed by atoms with E-state index in [2.05, 4.69) is 0 Å². The first-order valence-electron chi connectivity index (χ1n) is 10.8. The first-order chi connectivity index (χ1) is 16.3. The minimum absolute atomic E-state index is 0.142. The van der Waals surface area contributed by atoms with E-state index in [-0.39, 0.29) is 23.6 Å². The Balaban J connectivity index is 1.72. The molecule has 3 amide bonds. The van der Waals surface area contributed by atoms with Crippen LogP contribution in [0, 0.1) is 17.0 Å². The van der Waals surface area contributed by atoms with Gasteiger partial charge in [-0.25, -0.2) is 4.90 Å². The van der Waals surface area contributed by atoms with Gasteiger partial charge in [0, 0.05) is 17.7 Å². The van der Waals surface area contributed by atoms with Gasteiger partial charge in [0.2, 0.25) is 5.91 Å². The Morgan fingerprint density at radius 2 is 1.62 bits per heavy atom. The molecule has 1 saturated heterocycles. The highest BCUT2D eigenvalue weighted by atomic mass is 16.6. The van der Waals surface area contributed by atoms with E-state index in [9.17, 15) is 24.5 Å². The number of anilines is 1. The third-order valence-corrected chi connectivity index (χ3v) is 6.01. The van der Waals surface area contributed by atoms with Crippen LogP contribution in [0.25, 0.3) is 0 Å². The van der Waals surface area contributed by atoms with E-state index in [0.29, 0.717) is 5.69 Å². The SMILES string of the molecule is Cc1ccc(N2C(=O)CC(N(C(=O)c3ccc([N+](=O)[O-])cc3)C(C)c3ccccc3)C2=O)cc1. The minimum Gasteiger partial charge on any atom is -0.319 e. The standard InChI is InChI=1S/C26H23N3O5/c1-17-8-12-21(13-9-17)28-24(30)16-23(26(28)32)27(18(2)19-6-4-3-5-7-19)25(31)20-10-14-22(15-11-20)29(33)34/h3-15,18,23H,16H2,1-2H3. The summed E-state index contributed by atoms with van der Waals surface area (Å²) in [5.74, 6) is -1.35. The number of imide groups is 1. The molecular formula is C26H23N3O5. The Morgan fingerprint density at radius 1 is 1.00 bits per heavy atom. The molecule has 0 aromatic heterocycles. The van der Waals surface area contributed by atoms with Crippen molar-refractivity contribution in [2.24, 2.45) is 0 Å². The van der Waals surface area contributed by atoms with Crippen LogP contribution in [0.1, 0.15) is 40.9 Å². The Kier molecular flexibility index (Phi) is 6.23. The van der Waals surface area contributed by atoms with Crippen molar-refractivity contribution in [1.82, 2.24) is 4.90 Å². The molecule has 4 rings (SSSR count). The molecule has 2 unspecified atom stereocenters. The van der Waals surface area contributed by atoms with Gasteiger partial charge in [-0.15, -0.1) is 0 Å². The van der Waals surface area contributed by atoms with E-state index in [1.807, 2.05) is 49.4 Å². The van der Waals surface area contributed by atoms with E-state index >= 15 is 0 Å². The third kappa shape index (κ3) is 4.30. The van der Waals surface area contributed by atoms with E-state index in [0.717, 1.165) is 16.0 Å². The van der Waals surface area contributed by atoms with Gasteiger partial charge < -0.3 is 4.90 Å². The average molecular weight is 457 g/mol. The molecular weight excluding hydrogens is 434 g/mol. The molecule has 1 fully saturated rings. The topological polar surface area (TPSA) is 101 Å². The fourth-order valence-electron chi connectivity index (χ4n) is 4.15. The molecule has 8 heteroatoms. The number of hydrogen-bond donors (Lipinski definition) is 0. The molecule has 8 nitrogen and oxygen atoms in total. The van der Waals surface area contributed by atoms with Gasteiger partial charge in [-0.05, 0) is 43.7 Å². The summed E-state index contributed by atoms with van der Waals surface area (Å²) in [4.78, 5) is 53.0. The van der Waals surface area contributed by atoms with Crippen molar-refractivity contribution in [3.63, 3.8) is 0 Å². The molecule has 0 radical (unpaired) electrons. The second-order valence-corrected chi connectivity index (χ2v) is 8.23. The molecule has 0 aliphatic carbocycles. The maximum atomic E-state index is 13.6. The monoisotopic (exact) mass is 457 g/mol. The normalized spacial score (nSPS) is 16.4. The lowest BCUT2D eigenvalue weighted by Crippen LogP contribution is -2.46. The molecule has 0 N–H and O–H groups in total. The lowest BCUT2D eigenvalue weighted by molar-refractivity contribution is -0.384. The second-order valence-electron chi connectivity index (χ2n) is 8.23. The van der Waals surface area contributed by atoms with Gasteiger partial charge in [-0.2, -0.15) is 0 Å². The van der Waals surface area contributed by atoms with Crippen LogP contribution in [0.4, 0.5) is 11.4 Å². The Hall–Kier alpha value is -4.33. The quantitative estimate of drug-likeness (QED) is 0.309. The van der Waals surface area contributed by atoms with Crippen molar-refractivity contribution in [2.45, 2.75) is 32.4 Å². The molecule has 1 aliphatic heterocycles. The molecule has 0 saturated carbocycles. The van der Waals surface area contributed by atoms with Crippen LogP contribution in [-0.4, -0.2) is 33.6 Å². The Bertz CT molecular complexity index is 1240. The van der Waals surface area contributed by atoms with Crippen LogP contribution in [-0.2, 0) is 9.59 Å². The van der Waals surface area contributed by atoms with Crippen molar-refractivity contribution < 1.29 is 19.3 Å². The van der Waals surface area contributed by atoms with Crippen LogP contribution in [0.2, 0.25) is 0 Å². The molecule has 1 aliphatic rings. The van der Waals surface area contributed by atoms with Gasteiger partial charge in [0.25, 0.3) is 17.5 Å². The Labute approximate surface area is 196 Å². The van der Waals surface area contributed by atoms with Gasteiger partial charge in [-0.3, -0.25) is 24.5 Å². The van der Waals surface area contributed by atoms with Crippen molar-refractivity contribution >= 4 is 29.1 Å². The first-order valence-corrected chi connectivity index (χ1v) is 10.8. The average Bonchev–Trinajstić information content (AvgIpc) is 3.13. The van der Waals surface area contributed by atoms with Gasteiger partial charge in [0.15, 0.2) is 0 Å². The van der Waals surface area contributed by atoms with Gasteiger partial charge in [0.05, 0.1) is 23.1 Å². The number of nitro benzene ring substituents is 1. The predicted octanol–water partition coefficient (Wildman–Crippen LogP) is 4.44. The van der Waals surface area contributed by atoms with E-state index in [4.69, 9.17) is 0 Å². The highest BCUT2D eigenvalue weighted by Gasteiger charge is 2.46. The summed E-state index contributed by atoms with van der Waals surface area (Å²) >= 11 is 0. The van der Waals surface area contributed by atoms with Crippen LogP contribution < -0.4 is 4.90 Å². The van der Waals surface area contributed by atoms with Crippen molar-refractivity contribution in [1.29, 1.82) is 0 Å². The molecule has 3 aromatic carbocycles. The highest BCUT2D eigenvalue weighted by molar-refractivity contribution is 6.23. The van der Waals surface area contributed by atoms with E-state index in [1.54, 1.807) is 19.1 Å². The summed E-state index contributed by atoms with van der Waals surface area (Å²) in [6.07, 6.45) is -0.150. The van der Waals surface area contributed by atoms with Crippen LogP contribution in [0.3, 0.4) is 0 Å². The number of non-ortho nitro benzene ring substituents is 1. The number of rotatable bonds is 6. The summed E-state index contributed by atoms with van der Waals surface area (Å²) < 4.78 is 0. The number of nitrogens with zero attached hydrogens (tertiary/aromatic N) is 3. The summed E-state index contributed by atoms with van der Waals surface area (Å²) in [6, 6.07) is 19.9. The zero-order valence-corrected chi connectivity index (χ0v) is 18.8.